The van der Waals surface area contributed by atoms with Gasteiger partial charge in [0.2, 0.25) is 0 Å². The number of carbonyl (C=O) groups is 1. The number of ether oxygens (including phenoxy) is 5. The number of nitrogens with two attached hydrogens (primary N) is 1. The molecule has 17 unspecified atom stereocenters. The molecule has 13 nitrogen and oxygen atoms in total. The highest BCUT2D eigenvalue weighted by atomic mass is 33.1. The van der Waals surface area contributed by atoms with Crippen LogP contribution in [0.15, 0.2) is 121 Å². The molecule has 3 spiro atoms. The zero-order valence-corrected chi connectivity index (χ0v) is 58.0. The summed E-state index contributed by atoms with van der Waals surface area (Å²) in [4.78, 5) is 13.7. The SMILES string of the molecule is COCC1C2C#CC3C#CC4=C(C=CC(N)N4)C4C5(C=CC6CCCCC64c4cccc(c4)C2)CCC2(Cc4cc(O)cc(OC)c4-c4ccc6c(c42)OC(c2c4c(c(O)c(c23)CNCC1CO)OC1C(C=C4)NC2CCCC(CSSC1Cc1ccccc1)C2)C6COC(C)=O)C5. The Labute approximate surface area is 584 Å². The number of benzene rings is 5. The summed E-state index contributed by atoms with van der Waals surface area (Å²) in [7, 11) is 7.29. The summed E-state index contributed by atoms with van der Waals surface area (Å²) in [5, 5.41) is 49.5. The van der Waals surface area contributed by atoms with E-state index in [4.69, 9.17) is 29.4 Å². The van der Waals surface area contributed by atoms with Gasteiger partial charge in [-0.25, -0.2) is 0 Å². The molecule has 11 bridgehead atoms. The van der Waals surface area contributed by atoms with Crippen LogP contribution in [0.5, 0.6) is 28.7 Å². The van der Waals surface area contributed by atoms with Gasteiger partial charge >= 0.3 is 5.97 Å². The maximum absolute atomic E-state index is 14.1. The Morgan fingerprint density at radius 2 is 1.79 bits per heavy atom. The number of dihydropyridines is 1. The van der Waals surface area contributed by atoms with Crippen molar-refractivity contribution in [1.82, 2.24) is 16.0 Å². The molecule has 17 atom stereocenters. The maximum Gasteiger partial charge on any atom is 0.302 e. The third kappa shape index (κ3) is 10.8. The molecular weight excluding hydrogens is 1260 g/mol. The molecule has 508 valence electrons. The Morgan fingerprint density at radius 3 is 2.64 bits per heavy atom. The average Bonchev–Trinajstić information content (AvgIpc) is 1.46. The number of rotatable bonds is 8. The van der Waals surface area contributed by atoms with E-state index in [0.29, 0.717) is 60.1 Å². The summed E-state index contributed by atoms with van der Waals surface area (Å²) >= 11 is 0. The van der Waals surface area contributed by atoms with E-state index in [1.807, 2.05) is 27.7 Å². The number of allylic oxidation sites excluding steroid dienone is 5. The Bertz CT molecular complexity index is 4280. The van der Waals surface area contributed by atoms with Gasteiger partial charge in [0.25, 0.3) is 0 Å². The van der Waals surface area contributed by atoms with Crippen LogP contribution < -0.4 is 35.9 Å². The summed E-state index contributed by atoms with van der Waals surface area (Å²) in [5.41, 5.74) is 19.1. The fourth-order valence-corrected chi connectivity index (χ4v) is 24.2. The molecule has 12 aliphatic rings. The fourth-order valence-electron chi connectivity index (χ4n) is 20.9. The first-order valence-electron chi connectivity index (χ1n) is 36.1. The Kier molecular flexibility index (Phi) is 17.0. The largest absolute Gasteiger partial charge is 0.508 e. The van der Waals surface area contributed by atoms with Gasteiger partial charge in [-0.05, 0) is 145 Å². The van der Waals surface area contributed by atoms with E-state index in [2.05, 4.69) is 143 Å². The Balaban J connectivity index is 1.01. The van der Waals surface area contributed by atoms with Crippen molar-refractivity contribution in [2.24, 2.45) is 46.7 Å². The van der Waals surface area contributed by atoms with Gasteiger partial charge in [0.05, 0.1) is 42.8 Å². The van der Waals surface area contributed by atoms with E-state index in [0.717, 1.165) is 127 Å². The highest BCUT2D eigenvalue weighted by Gasteiger charge is 2.64. The molecule has 8 N–H and O–H groups in total. The molecule has 6 aliphatic heterocycles. The van der Waals surface area contributed by atoms with Gasteiger partial charge in [-0.3, -0.25) is 4.79 Å². The first kappa shape index (κ1) is 64.3. The second-order valence-electron chi connectivity index (χ2n) is 30.5. The second-order valence-corrected chi connectivity index (χ2v) is 33.2. The van der Waals surface area contributed by atoms with Crippen LogP contribution in [0.4, 0.5) is 0 Å². The molecule has 4 fully saturated rings. The van der Waals surface area contributed by atoms with Crippen LogP contribution in [-0.2, 0) is 50.9 Å². The van der Waals surface area contributed by atoms with Crippen molar-refractivity contribution in [1.29, 1.82) is 0 Å². The van der Waals surface area contributed by atoms with Crippen LogP contribution in [0.25, 0.3) is 17.2 Å². The summed E-state index contributed by atoms with van der Waals surface area (Å²) in [5.74, 6) is 16.8. The first-order chi connectivity index (χ1) is 47.9. The van der Waals surface area contributed by atoms with E-state index in [9.17, 15) is 20.1 Å². The van der Waals surface area contributed by atoms with E-state index < -0.39 is 52.4 Å². The lowest BCUT2D eigenvalue weighted by Gasteiger charge is -2.59. The first-order valence-corrected chi connectivity index (χ1v) is 38.5. The quantitative estimate of drug-likeness (QED) is 0.0337. The lowest BCUT2D eigenvalue weighted by molar-refractivity contribution is -0.141. The van der Waals surface area contributed by atoms with Crippen LogP contribution in [-0.4, -0.2) is 97.2 Å². The molecule has 98 heavy (non-hydrogen) atoms. The van der Waals surface area contributed by atoms with Crippen molar-refractivity contribution in [3.63, 3.8) is 0 Å². The number of fused-ring (bicyclic) bond motifs is 12. The lowest BCUT2D eigenvalue weighted by Crippen LogP contribution is -2.55. The van der Waals surface area contributed by atoms with Gasteiger partial charge in [0.15, 0.2) is 11.5 Å². The number of nitrogens with one attached hydrogen (secondary N) is 3. The predicted molar refractivity (Wildman–Crippen MR) is 386 cm³/mol. The fraction of sp³-hybridized carbons (Fsp3) is 0.482. The number of methoxy groups -OCH3 is 2. The van der Waals surface area contributed by atoms with Gasteiger partial charge < -0.3 is 60.7 Å². The van der Waals surface area contributed by atoms with E-state index in [-0.39, 0.29) is 78.2 Å². The molecule has 5 aromatic rings. The molecule has 0 radical (unpaired) electrons. The van der Waals surface area contributed by atoms with Gasteiger partial charge in [-0.15, -0.1) is 0 Å². The molecule has 5 aromatic carbocycles. The molecule has 6 heterocycles. The van der Waals surface area contributed by atoms with Gasteiger partial charge in [0.1, 0.15) is 42.0 Å². The zero-order valence-electron chi connectivity index (χ0n) is 56.4. The van der Waals surface area contributed by atoms with Gasteiger partial charge in [-0.1, -0.05) is 156 Å². The number of phenolic OH excluding ortho intramolecular Hbond substituents is 2. The predicted octanol–water partition coefficient (Wildman–Crippen LogP) is 13.1. The van der Waals surface area contributed by atoms with E-state index in [1.165, 1.54) is 30.0 Å². The number of hydrogen-bond acceptors (Lipinski definition) is 15. The number of aliphatic hydroxyl groups excluding tert-OH is 1. The van der Waals surface area contributed by atoms with Crippen LogP contribution in [0.3, 0.4) is 0 Å². The molecule has 15 heteroatoms. The smallest absolute Gasteiger partial charge is 0.302 e. The van der Waals surface area contributed by atoms with Crippen molar-refractivity contribution in [2.75, 3.05) is 46.3 Å². The number of carbonyl (C=O) groups excluding carboxylic acids is 1. The topological polar surface area (TPSA) is 186 Å². The summed E-state index contributed by atoms with van der Waals surface area (Å²) < 4.78 is 35.2. The molecule has 17 rings (SSSR count). The molecule has 6 aliphatic carbocycles. The number of phenols is 2. The van der Waals surface area contributed by atoms with Crippen molar-refractivity contribution in [3.05, 3.63) is 176 Å². The highest BCUT2D eigenvalue weighted by molar-refractivity contribution is 8.77. The molecule has 0 aromatic heterocycles. The Hall–Kier alpha value is -7.05. The van der Waals surface area contributed by atoms with E-state index in [1.54, 1.807) is 20.3 Å². The van der Waals surface area contributed by atoms with E-state index >= 15 is 0 Å². The number of esters is 1. The molecule has 0 amide bonds. The summed E-state index contributed by atoms with van der Waals surface area (Å²) in [6.45, 7) is 2.25. The minimum Gasteiger partial charge on any atom is -0.508 e. The van der Waals surface area contributed by atoms with Crippen LogP contribution in [0.1, 0.15) is 151 Å². The van der Waals surface area contributed by atoms with Crippen LogP contribution in [0.2, 0.25) is 0 Å². The number of hydrogen-bond donors (Lipinski definition) is 7. The van der Waals surface area contributed by atoms with Crippen molar-refractivity contribution in [3.8, 4) is 63.6 Å². The molecular formula is C83H90N4O9S2. The lowest BCUT2D eigenvalue weighted by atomic mass is 9.44. The summed E-state index contributed by atoms with van der Waals surface area (Å²) in [6, 6.07) is 28.3. The average molecular weight is 1350 g/mol. The Morgan fingerprint density at radius 1 is 0.888 bits per heavy atom. The zero-order chi connectivity index (χ0) is 66.6. The third-order valence-electron chi connectivity index (χ3n) is 25.0. The normalized spacial score (nSPS) is 34.1. The second kappa shape index (κ2) is 25.8. The van der Waals surface area contributed by atoms with Crippen molar-refractivity contribution >= 4 is 33.6 Å². The third-order valence-corrected chi connectivity index (χ3v) is 28.0. The van der Waals surface area contributed by atoms with Gasteiger partial charge in [-0.2, -0.15) is 0 Å². The standard InChI is InChI=1S/C83H90N4O9S2/c1-47(89)94-44-65-59-21-22-61-71-53(37-58(90)38-68(71)93-3)39-82-32-31-81(46-82)30-28-55-15-7-8-29-83(55)56-16-9-13-49(34-56)33-52-19-18-51(20-25-66-60(80(81)83)24-27-70(84)87-66)72-63(41-85-40-54(42-88)64(52)43-92-2)75(91)78-62(73(72)76(65)95-77(59)74(61)82)23-26-67-79(96-78)69(36-48-11-5-4-6-12-48)98-97-45-50-14-10-17-57(35-50)86-67/h4-6,9,11-13,16,21-24,26-28,30,34,37-38,50-52,54-55,57,64-65,67,69-70,76,79-80,85-88,90-91H,7-8,10,14-15,17,29,31-33,35-36,39-46,84H2,1-3H3. The maximum atomic E-state index is 14.1. The highest BCUT2D eigenvalue weighted by Crippen LogP contribution is 2.72. The monoisotopic (exact) mass is 1350 g/mol. The number of aromatic hydroxyl groups is 2. The minimum absolute atomic E-state index is 0.000442. The van der Waals surface area contributed by atoms with Crippen LogP contribution in [0, 0.1) is 64.6 Å². The van der Waals surface area contributed by atoms with Crippen molar-refractivity contribution in [2.45, 2.75) is 162 Å². The summed E-state index contributed by atoms with van der Waals surface area (Å²) in [6.07, 6.45) is 25.4. The molecule has 3 saturated carbocycles. The van der Waals surface area contributed by atoms with Gasteiger partial charge in [0, 0.05) is 119 Å². The number of aliphatic hydroxyl groups is 1. The van der Waals surface area contributed by atoms with Crippen molar-refractivity contribution < 1.29 is 43.8 Å². The minimum atomic E-state index is -0.891. The molecule has 1 saturated heterocycles. The van der Waals surface area contributed by atoms with Crippen LogP contribution >= 0.6 is 21.6 Å².